The molecule has 1 unspecified atom stereocenters. The van der Waals surface area contributed by atoms with Gasteiger partial charge in [-0.05, 0) is 36.8 Å². The fourth-order valence-electron chi connectivity index (χ4n) is 4.32. The van der Waals surface area contributed by atoms with Crippen LogP contribution < -0.4 is 24.8 Å². The number of nitrogens with zero attached hydrogens (tertiary/aromatic N) is 6. The lowest BCUT2D eigenvalue weighted by Crippen LogP contribution is -2.50. The Bertz CT molecular complexity index is 1320. The number of ether oxygens (including phenoxy) is 1. The maximum absolute atomic E-state index is 13.2. The van der Waals surface area contributed by atoms with E-state index in [2.05, 4.69) is 30.1 Å². The summed E-state index contributed by atoms with van der Waals surface area (Å²) in [6, 6.07) is 13.4. The van der Waals surface area contributed by atoms with E-state index in [0.717, 1.165) is 54.8 Å². The van der Waals surface area contributed by atoms with Crippen LogP contribution in [0.5, 0.6) is 5.75 Å². The van der Waals surface area contributed by atoms with Crippen molar-refractivity contribution >= 4 is 35.0 Å². The summed E-state index contributed by atoms with van der Waals surface area (Å²) in [6.45, 7) is 5.51. The third kappa shape index (κ3) is 6.50. The molecule has 0 radical (unpaired) electrons. The molecule has 2 N–H and O–H groups in total. The lowest BCUT2D eigenvalue weighted by atomic mass is 10.1. The van der Waals surface area contributed by atoms with Crippen LogP contribution in [0.15, 0.2) is 55.0 Å². The molecule has 1 amide bonds. The predicted octanol–water partition coefficient (Wildman–Crippen LogP) is 3.19. The highest BCUT2D eigenvalue weighted by Gasteiger charge is 2.38. The second kappa shape index (κ2) is 12.1. The molecule has 0 spiro atoms. The van der Waals surface area contributed by atoms with E-state index in [1.54, 1.807) is 18.3 Å². The first-order valence-electron chi connectivity index (χ1n) is 12.4. The third-order valence-corrected chi connectivity index (χ3v) is 6.36. The minimum absolute atomic E-state index is 0.00138. The summed E-state index contributed by atoms with van der Waals surface area (Å²) in [5.41, 5.74) is 1.75. The second-order valence-electron chi connectivity index (χ2n) is 9.00. The van der Waals surface area contributed by atoms with Gasteiger partial charge in [0.2, 0.25) is 5.91 Å². The lowest BCUT2D eigenvalue weighted by Gasteiger charge is -2.40. The highest BCUT2D eigenvalue weighted by molar-refractivity contribution is 6.06. The van der Waals surface area contributed by atoms with Gasteiger partial charge in [0, 0.05) is 32.4 Å². The molecule has 212 valence electrons. The van der Waals surface area contributed by atoms with Crippen LogP contribution >= 0.6 is 0 Å². The van der Waals surface area contributed by atoms with Crippen molar-refractivity contribution in [3.05, 3.63) is 60.6 Å². The van der Waals surface area contributed by atoms with Crippen molar-refractivity contribution in [1.29, 1.82) is 0 Å². The molecule has 1 atom stereocenters. The summed E-state index contributed by atoms with van der Waals surface area (Å²) < 4.78 is 37.0. The Kier molecular flexibility index (Phi) is 8.55. The quantitative estimate of drug-likeness (QED) is 0.482. The second-order valence-corrected chi connectivity index (χ2v) is 9.00. The number of amides is 1. The van der Waals surface area contributed by atoms with Gasteiger partial charge in [-0.2, -0.15) is 13.2 Å². The van der Waals surface area contributed by atoms with E-state index in [9.17, 15) is 18.0 Å². The number of alkyl halides is 3. The number of carbonyl (C=O) groups is 2. The van der Waals surface area contributed by atoms with Gasteiger partial charge in [0.05, 0.1) is 13.7 Å². The monoisotopic (exact) mass is 559 g/mol. The molecule has 0 bridgehead atoms. The molecule has 0 aliphatic carbocycles. The first-order chi connectivity index (χ1) is 19.1. The number of carbonyl (C=O) groups excluding carboxylic acids is 1. The first kappa shape index (κ1) is 28.4. The van der Waals surface area contributed by atoms with Gasteiger partial charge in [-0.1, -0.05) is 18.2 Å². The molecule has 11 nitrogen and oxygen atoms in total. The van der Waals surface area contributed by atoms with Crippen molar-refractivity contribution in [2.45, 2.75) is 25.7 Å². The number of aliphatic carboxylic acids is 1. The summed E-state index contributed by atoms with van der Waals surface area (Å²) in [4.78, 5) is 42.0. The van der Waals surface area contributed by atoms with Crippen LogP contribution in [-0.2, 0) is 16.1 Å². The zero-order valence-electron chi connectivity index (χ0n) is 21.8. The normalized spacial score (nSPS) is 16.9. The van der Waals surface area contributed by atoms with Crippen LogP contribution in [0.2, 0.25) is 0 Å². The van der Waals surface area contributed by atoms with Crippen LogP contribution in [0.4, 0.5) is 36.3 Å². The van der Waals surface area contributed by atoms with Gasteiger partial charge in [0.15, 0.2) is 11.6 Å². The molecule has 2 aliphatic heterocycles. The van der Waals surface area contributed by atoms with E-state index in [1.165, 1.54) is 0 Å². The standard InChI is InChI=1S/C24H27N7O2.C2HF3O2/c1-17-24(32)31(15-18-6-8-19(33-2)9-7-18)21-22(28-17)26-16-27-23(21)30-13-11-29(12-14-30)20-5-3-4-10-25-20;3-2(4,5)1(6)7/h3-10,16-17H,11-15H2,1-2H3,(H,26,27,28);(H,6,7). The van der Waals surface area contributed by atoms with Crippen molar-refractivity contribution in [3.8, 4) is 5.75 Å². The fourth-order valence-corrected chi connectivity index (χ4v) is 4.32. The Hall–Kier alpha value is -4.62. The molecular weight excluding hydrogens is 531 g/mol. The minimum Gasteiger partial charge on any atom is -0.497 e. The highest BCUT2D eigenvalue weighted by atomic mass is 19.4. The number of hydrogen-bond acceptors (Lipinski definition) is 9. The Morgan fingerprint density at radius 1 is 1.05 bits per heavy atom. The number of fused-ring (bicyclic) bond motifs is 1. The Morgan fingerprint density at radius 3 is 2.27 bits per heavy atom. The van der Waals surface area contributed by atoms with Crippen molar-refractivity contribution < 1.29 is 32.6 Å². The SMILES string of the molecule is COc1ccc(CN2C(=O)C(C)Nc3ncnc(N4CCN(c5ccccn5)CC4)c32)cc1.O=C(O)C(F)(F)F. The highest BCUT2D eigenvalue weighted by Crippen LogP contribution is 2.38. The van der Waals surface area contributed by atoms with Gasteiger partial charge in [-0.3, -0.25) is 9.69 Å². The zero-order chi connectivity index (χ0) is 28.9. The molecule has 5 rings (SSSR count). The van der Waals surface area contributed by atoms with E-state index >= 15 is 0 Å². The van der Waals surface area contributed by atoms with Crippen LogP contribution in [0, 0.1) is 0 Å². The smallest absolute Gasteiger partial charge is 0.490 e. The number of benzene rings is 1. The van der Waals surface area contributed by atoms with Crippen molar-refractivity contribution in [1.82, 2.24) is 15.0 Å². The number of piperazine rings is 1. The number of halogens is 3. The predicted molar refractivity (Wildman–Crippen MR) is 142 cm³/mol. The van der Waals surface area contributed by atoms with Gasteiger partial charge in [-0.25, -0.2) is 19.7 Å². The van der Waals surface area contributed by atoms with Crippen LogP contribution in [-0.4, -0.2) is 77.4 Å². The average Bonchev–Trinajstić information content (AvgIpc) is 2.96. The van der Waals surface area contributed by atoms with Crippen molar-refractivity contribution in [2.24, 2.45) is 0 Å². The van der Waals surface area contributed by atoms with Gasteiger partial charge in [0.1, 0.15) is 29.6 Å². The number of methoxy groups -OCH3 is 1. The first-order valence-corrected chi connectivity index (χ1v) is 12.4. The van der Waals surface area contributed by atoms with E-state index in [0.29, 0.717) is 12.4 Å². The largest absolute Gasteiger partial charge is 0.497 e. The number of hydrogen-bond donors (Lipinski definition) is 2. The lowest BCUT2D eigenvalue weighted by molar-refractivity contribution is -0.192. The molecule has 0 saturated carbocycles. The minimum atomic E-state index is -5.08. The number of anilines is 4. The van der Waals surface area contributed by atoms with Gasteiger partial charge < -0.3 is 25.0 Å². The van der Waals surface area contributed by atoms with E-state index in [-0.39, 0.29) is 11.9 Å². The number of pyridine rings is 1. The molecule has 2 aliphatic rings. The summed E-state index contributed by atoms with van der Waals surface area (Å²) >= 11 is 0. The molecule has 2 aromatic heterocycles. The fraction of sp³-hybridized carbons (Fsp3) is 0.346. The molecule has 1 fully saturated rings. The Balaban J connectivity index is 0.000000470. The summed E-state index contributed by atoms with van der Waals surface area (Å²) in [6.07, 6.45) is -1.70. The van der Waals surface area contributed by atoms with E-state index in [1.807, 2.05) is 55.6 Å². The number of nitrogens with one attached hydrogen (secondary N) is 1. The summed E-state index contributed by atoms with van der Waals surface area (Å²) in [5.74, 6) is 0.478. The number of aromatic nitrogens is 3. The zero-order valence-corrected chi connectivity index (χ0v) is 21.8. The molecule has 1 saturated heterocycles. The molecule has 3 aromatic rings. The maximum atomic E-state index is 13.2. The van der Waals surface area contributed by atoms with E-state index < -0.39 is 12.1 Å². The molecule has 1 aromatic carbocycles. The number of carboxylic acids is 1. The number of rotatable bonds is 5. The average molecular weight is 560 g/mol. The van der Waals surface area contributed by atoms with Crippen molar-refractivity contribution in [3.63, 3.8) is 0 Å². The topological polar surface area (TPSA) is 124 Å². The molecule has 14 heteroatoms. The number of carboxylic acid groups (broad SMARTS) is 1. The summed E-state index contributed by atoms with van der Waals surface area (Å²) in [5, 5.41) is 10.4. The van der Waals surface area contributed by atoms with Gasteiger partial charge >= 0.3 is 12.1 Å². The van der Waals surface area contributed by atoms with Gasteiger partial charge in [-0.15, -0.1) is 0 Å². The Morgan fingerprint density at radius 2 is 1.70 bits per heavy atom. The molecule has 4 heterocycles. The van der Waals surface area contributed by atoms with Crippen LogP contribution in [0.25, 0.3) is 0 Å². The third-order valence-electron chi connectivity index (χ3n) is 6.36. The summed E-state index contributed by atoms with van der Waals surface area (Å²) in [7, 11) is 1.64. The van der Waals surface area contributed by atoms with Gasteiger partial charge in [0.25, 0.3) is 0 Å². The molecule has 40 heavy (non-hydrogen) atoms. The van der Waals surface area contributed by atoms with E-state index in [4.69, 9.17) is 14.6 Å². The Labute approximate surface area is 228 Å². The molecular formula is C26H28F3N7O4. The maximum Gasteiger partial charge on any atom is 0.490 e. The van der Waals surface area contributed by atoms with Crippen LogP contribution in [0.3, 0.4) is 0 Å². The van der Waals surface area contributed by atoms with Crippen LogP contribution in [0.1, 0.15) is 12.5 Å². The van der Waals surface area contributed by atoms with Crippen molar-refractivity contribution in [2.75, 3.05) is 53.3 Å².